The number of tetrazole rings is 1. The van der Waals surface area contributed by atoms with Crippen molar-refractivity contribution in [2.75, 3.05) is 13.2 Å². The maximum Gasteiger partial charge on any atom is 0.253 e. The first kappa shape index (κ1) is 16.6. The van der Waals surface area contributed by atoms with Gasteiger partial charge < -0.3 is 14.8 Å². The predicted octanol–water partition coefficient (Wildman–Crippen LogP) is 0.623. The number of ether oxygens (including phenoxy) is 2. The standard InChI is InChI=1S/C17H18N6O3/c24-17(12-4-5-16-20-21-22-23(16)9-12)19-14-11-25-8-6-15(14)26-10-13-3-1-2-7-18-13/h1-5,7,9,14-15H,6,8,10-11H2,(H,19,24)/t14-,15-/m1/s1. The topological polar surface area (TPSA) is 104 Å². The molecule has 0 radical (unpaired) electrons. The Balaban J connectivity index is 1.41. The normalized spacial score (nSPS) is 20.2. The summed E-state index contributed by atoms with van der Waals surface area (Å²) in [5, 5.41) is 14.2. The van der Waals surface area contributed by atoms with Crippen LogP contribution >= 0.6 is 0 Å². The smallest absolute Gasteiger partial charge is 0.253 e. The molecule has 0 bridgehead atoms. The highest BCUT2D eigenvalue weighted by molar-refractivity contribution is 5.94. The number of nitrogens with one attached hydrogen (secondary N) is 1. The van der Waals surface area contributed by atoms with Gasteiger partial charge in [-0.3, -0.25) is 9.78 Å². The van der Waals surface area contributed by atoms with Crippen LogP contribution in [-0.4, -0.2) is 56.3 Å². The number of pyridine rings is 2. The van der Waals surface area contributed by atoms with Gasteiger partial charge in [-0.25, -0.2) is 0 Å². The van der Waals surface area contributed by atoms with E-state index in [1.165, 1.54) is 4.52 Å². The first-order valence-corrected chi connectivity index (χ1v) is 8.37. The summed E-state index contributed by atoms with van der Waals surface area (Å²) in [7, 11) is 0. The van der Waals surface area contributed by atoms with Crippen LogP contribution < -0.4 is 5.32 Å². The third-order valence-corrected chi connectivity index (χ3v) is 4.23. The summed E-state index contributed by atoms with van der Waals surface area (Å²) in [6, 6.07) is 8.85. The molecule has 0 saturated carbocycles. The molecule has 9 heteroatoms. The van der Waals surface area contributed by atoms with Gasteiger partial charge in [-0.15, -0.1) is 5.10 Å². The van der Waals surface area contributed by atoms with Gasteiger partial charge in [0.1, 0.15) is 0 Å². The van der Waals surface area contributed by atoms with E-state index in [1.807, 2.05) is 18.2 Å². The monoisotopic (exact) mass is 354 g/mol. The van der Waals surface area contributed by atoms with Gasteiger partial charge in [-0.2, -0.15) is 4.52 Å². The quantitative estimate of drug-likeness (QED) is 0.716. The Kier molecular flexibility index (Phi) is 4.80. The molecule has 1 saturated heterocycles. The van der Waals surface area contributed by atoms with Crippen LogP contribution in [0.1, 0.15) is 22.5 Å². The van der Waals surface area contributed by atoms with Crippen molar-refractivity contribution in [3.05, 3.63) is 54.0 Å². The fraction of sp³-hybridized carbons (Fsp3) is 0.353. The molecule has 3 aromatic rings. The number of amides is 1. The largest absolute Gasteiger partial charge is 0.379 e. The maximum absolute atomic E-state index is 12.6. The molecule has 26 heavy (non-hydrogen) atoms. The van der Waals surface area contributed by atoms with Crippen molar-refractivity contribution in [3.63, 3.8) is 0 Å². The van der Waals surface area contributed by atoms with E-state index in [2.05, 4.69) is 25.8 Å². The van der Waals surface area contributed by atoms with Gasteiger partial charge in [0.15, 0.2) is 5.65 Å². The van der Waals surface area contributed by atoms with Crippen LogP contribution in [0.5, 0.6) is 0 Å². The lowest BCUT2D eigenvalue weighted by Gasteiger charge is -2.32. The van der Waals surface area contributed by atoms with E-state index in [-0.39, 0.29) is 18.1 Å². The average Bonchev–Trinajstić information content (AvgIpc) is 3.16. The van der Waals surface area contributed by atoms with Gasteiger partial charge in [0.2, 0.25) is 0 Å². The van der Waals surface area contributed by atoms with Crippen LogP contribution in [0.2, 0.25) is 0 Å². The summed E-state index contributed by atoms with van der Waals surface area (Å²) in [6.45, 7) is 1.41. The lowest BCUT2D eigenvalue weighted by atomic mass is 10.1. The van der Waals surface area contributed by atoms with Crippen LogP contribution in [0.25, 0.3) is 5.65 Å². The molecule has 1 amide bonds. The van der Waals surface area contributed by atoms with Crippen LogP contribution in [0.3, 0.4) is 0 Å². The number of hydrogen-bond acceptors (Lipinski definition) is 7. The van der Waals surface area contributed by atoms with E-state index in [0.29, 0.717) is 37.5 Å². The second kappa shape index (κ2) is 7.54. The van der Waals surface area contributed by atoms with Crippen LogP contribution in [-0.2, 0) is 16.1 Å². The van der Waals surface area contributed by atoms with Gasteiger partial charge in [-0.05, 0) is 41.1 Å². The molecule has 3 aromatic heterocycles. The predicted molar refractivity (Wildman–Crippen MR) is 90.3 cm³/mol. The first-order valence-electron chi connectivity index (χ1n) is 8.37. The van der Waals surface area contributed by atoms with E-state index < -0.39 is 0 Å². The Morgan fingerprint density at radius 3 is 3.19 bits per heavy atom. The molecule has 0 aromatic carbocycles. The number of nitrogens with zero attached hydrogens (tertiary/aromatic N) is 5. The zero-order chi connectivity index (χ0) is 17.8. The number of hydrogen-bond donors (Lipinski definition) is 1. The van der Waals surface area contributed by atoms with Crippen LogP contribution in [0, 0.1) is 0 Å². The molecule has 4 heterocycles. The third-order valence-electron chi connectivity index (χ3n) is 4.23. The maximum atomic E-state index is 12.6. The molecule has 0 aliphatic carbocycles. The molecule has 1 aliphatic rings. The lowest BCUT2D eigenvalue weighted by Crippen LogP contribution is -2.50. The summed E-state index contributed by atoms with van der Waals surface area (Å²) in [5.41, 5.74) is 1.91. The number of rotatable bonds is 5. The van der Waals surface area contributed by atoms with Crippen molar-refractivity contribution in [3.8, 4) is 0 Å². The third kappa shape index (κ3) is 3.68. The number of fused-ring (bicyclic) bond motifs is 1. The Labute approximate surface area is 149 Å². The van der Waals surface area contributed by atoms with Gasteiger partial charge in [-0.1, -0.05) is 6.07 Å². The minimum Gasteiger partial charge on any atom is -0.379 e. The lowest BCUT2D eigenvalue weighted by molar-refractivity contribution is -0.0612. The van der Waals surface area contributed by atoms with Crippen molar-refractivity contribution in [1.29, 1.82) is 0 Å². The highest BCUT2D eigenvalue weighted by Crippen LogP contribution is 2.15. The van der Waals surface area contributed by atoms with Crippen molar-refractivity contribution >= 4 is 11.6 Å². The van der Waals surface area contributed by atoms with Gasteiger partial charge in [0.05, 0.1) is 36.6 Å². The summed E-state index contributed by atoms with van der Waals surface area (Å²) in [4.78, 5) is 16.8. The molecule has 2 atom stereocenters. The molecule has 1 N–H and O–H groups in total. The number of aromatic nitrogens is 5. The molecular formula is C17H18N6O3. The van der Waals surface area contributed by atoms with Crippen molar-refractivity contribution in [2.45, 2.75) is 25.2 Å². The SMILES string of the molecule is O=C(N[C@@H]1COCC[C@H]1OCc1ccccn1)c1ccc2nnnn2c1. The first-order chi connectivity index (χ1) is 12.8. The Morgan fingerprint density at radius 2 is 2.31 bits per heavy atom. The highest BCUT2D eigenvalue weighted by atomic mass is 16.5. The number of carbonyl (C=O) groups is 1. The van der Waals surface area contributed by atoms with Gasteiger partial charge in [0, 0.05) is 19.0 Å². The summed E-state index contributed by atoms with van der Waals surface area (Å²) < 4.78 is 13.0. The molecule has 134 valence electrons. The van der Waals surface area contributed by atoms with E-state index in [0.717, 1.165) is 5.69 Å². The Bertz CT molecular complexity index is 884. The van der Waals surface area contributed by atoms with E-state index in [4.69, 9.17) is 9.47 Å². The second-order valence-electron chi connectivity index (χ2n) is 6.01. The molecule has 1 aliphatic heterocycles. The zero-order valence-corrected chi connectivity index (χ0v) is 14.0. The van der Waals surface area contributed by atoms with Gasteiger partial charge in [0.25, 0.3) is 5.91 Å². The summed E-state index contributed by atoms with van der Waals surface area (Å²) in [5.74, 6) is -0.218. The fourth-order valence-electron chi connectivity index (χ4n) is 2.86. The molecular weight excluding hydrogens is 336 g/mol. The van der Waals surface area contributed by atoms with Crippen LogP contribution in [0.15, 0.2) is 42.7 Å². The average molecular weight is 354 g/mol. The van der Waals surface area contributed by atoms with Crippen molar-refractivity contribution < 1.29 is 14.3 Å². The minimum atomic E-state index is -0.232. The highest BCUT2D eigenvalue weighted by Gasteiger charge is 2.28. The molecule has 1 fully saturated rings. The molecule has 0 unspecified atom stereocenters. The minimum absolute atomic E-state index is 0.133. The Morgan fingerprint density at radius 1 is 1.35 bits per heavy atom. The Hall–Kier alpha value is -2.91. The van der Waals surface area contributed by atoms with E-state index >= 15 is 0 Å². The van der Waals surface area contributed by atoms with Crippen molar-refractivity contribution in [2.24, 2.45) is 0 Å². The zero-order valence-electron chi connectivity index (χ0n) is 14.0. The van der Waals surface area contributed by atoms with Crippen LogP contribution in [0.4, 0.5) is 0 Å². The molecule has 0 spiro atoms. The summed E-state index contributed by atoms with van der Waals surface area (Å²) >= 11 is 0. The molecule has 4 rings (SSSR count). The number of carbonyl (C=O) groups excluding carboxylic acids is 1. The fourth-order valence-corrected chi connectivity index (χ4v) is 2.86. The van der Waals surface area contributed by atoms with Crippen molar-refractivity contribution in [1.82, 2.24) is 30.3 Å². The second-order valence-corrected chi connectivity index (χ2v) is 6.01. The summed E-state index contributed by atoms with van der Waals surface area (Å²) in [6.07, 6.45) is 3.91. The van der Waals surface area contributed by atoms with E-state index in [9.17, 15) is 4.79 Å². The molecule has 9 nitrogen and oxygen atoms in total. The van der Waals surface area contributed by atoms with E-state index in [1.54, 1.807) is 24.5 Å². The van der Waals surface area contributed by atoms with Gasteiger partial charge >= 0.3 is 0 Å².